The Morgan fingerprint density at radius 2 is 1.26 bits per heavy atom. The molecule has 164 valence electrons. The maximum Gasteiger partial charge on any atom is 0.135 e. The summed E-state index contributed by atoms with van der Waals surface area (Å²) >= 11 is 3.71. The average Bonchev–Trinajstić information content (AvgIpc) is 3.34. The highest BCUT2D eigenvalue weighted by atomic mass is 79.9. The van der Waals surface area contributed by atoms with Gasteiger partial charge in [0.2, 0.25) is 0 Å². The van der Waals surface area contributed by atoms with Crippen molar-refractivity contribution in [3.05, 3.63) is 141 Å². The van der Waals surface area contributed by atoms with E-state index >= 15 is 0 Å². The molecule has 1 nitrogen and oxygen atoms in total. The van der Waals surface area contributed by atoms with Gasteiger partial charge in [-0.2, -0.15) is 0 Å². The van der Waals surface area contributed by atoms with E-state index in [1.165, 1.54) is 49.9 Å². The highest BCUT2D eigenvalue weighted by Gasteiger charge is 2.48. The molecule has 5 aromatic carbocycles. The lowest BCUT2D eigenvalue weighted by Gasteiger charge is -2.35. The van der Waals surface area contributed by atoms with Crippen LogP contribution in [0.3, 0.4) is 0 Å². The summed E-state index contributed by atoms with van der Waals surface area (Å²) in [6.45, 7) is 0. The molecule has 1 aromatic heterocycles. The van der Waals surface area contributed by atoms with Crippen molar-refractivity contribution in [3.63, 3.8) is 0 Å². The van der Waals surface area contributed by atoms with Crippen LogP contribution in [-0.4, -0.2) is 0 Å². The molecule has 2 aliphatic rings. The Labute approximate surface area is 211 Å². The van der Waals surface area contributed by atoms with Gasteiger partial charge < -0.3 is 4.42 Å². The minimum absolute atomic E-state index is 0.435. The molecule has 35 heavy (non-hydrogen) atoms. The zero-order valence-electron chi connectivity index (χ0n) is 18.8. The maximum atomic E-state index is 6.41. The molecule has 8 rings (SSSR count). The van der Waals surface area contributed by atoms with E-state index in [1.54, 1.807) is 0 Å². The van der Waals surface area contributed by atoms with Crippen LogP contribution in [0.2, 0.25) is 0 Å². The van der Waals surface area contributed by atoms with Crippen molar-refractivity contribution in [1.82, 2.24) is 0 Å². The number of furan rings is 1. The van der Waals surface area contributed by atoms with Crippen LogP contribution in [0.1, 0.15) is 33.4 Å². The normalized spacial score (nSPS) is 17.3. The first-order valence-corrected chi connectivity index (χ1v) is 12.7. The second-order valence-corrected chi connectivity index (χ2v) is 10.4. The van der Waals surface area contributed by atoms with Crippen LogP contribution in [0.15, 0.2) is 112 Å². The lowest BCUT2D eigenvalue weighted by molar-refractivity contribution is 0.666. The molecule has 0 N–H and O–H groups in total. The molecule has 0 aliphatic heterocycles. The van der Waals surface area contributed by atoms with Gasteiger partial charge in [-0.3, -0.25) is 0 Å². The summed E-state index contributed by atoms with van der Waals surface area (Å²) < 4.78 is 7.50. The van der Waals surface area contributed by atoms with E-state index in [0.717, 1.165) is 21.0 Å². The average molecular weight is 511 g/mol. The van der Waals surface area contributed by atoms with Crippen LogP contribution in [0.25, 0.3) is 45.2 Å². The molecule has 0 saturated heterocycles. The molecule has 6 aromatic rings. The first kappa shape index (κ1) is 19.4. The smallest absolute Gasteiger partial charge is 0.135 e. The lowest BCUT2D eigenvalue weighted by Crippen LogP contribution is -2.29. The van der Waals surface area contributed by atoms with Crippen LogP contribution >= 0.6 is 15.9 Å². The highest BCUT2D eigenvalue weighted by molar-refractivity contribution is 9.10. The number of benzene rings is 5. The molecule has 1 unspecified atom stereocenters. The Hall–Kier alpha value is -3.88. The van der Waals surface area contributed by atoms with Crippen LogP contribution in [-0.2, 0) is 5.41 Å². The number of fused-ring (bicyclic) bond motifs is 12. The summed E-state index contributed by atoms with van der Waals surface area (Å²) in [5, 5.41) is 2.33. The monoisotopic (exact) mass is 510 g/mol. The molecule has 0 radical (unpaired) electrons. The summed E-state index contributed by atoms with van der Waals surface area (Å²) in [7, 11) is 0. The van der Waals surface area contributed by atoms with Crippen molar-refractivity contribution in [2.45, 2.75) is 5.41 Å². The summed E-state index contributed by atoms with van der Waals surface area (Å²) in [6, 6.07) is 37.4. The summed E-state index contributed by atoms with van der Waals surface area (Å²) in [5.74, 6) is 0. The van der Waals surface area contributed by atoms with Crippen LogP contribution in [0, 0.1) is 0 Å². The van der Waals surface area contributed by atoms with Crippen LogP contribution < -0.4 is 0 Å². The van der Waals surface area contributed by atoms with Crippen molar-refractivity contribution in [3.8, 4) is 11.1 Å². The molecular weight excluding hydrogens is 492 g/mol. The molecule has 0 fully saturated rings. The Bertz CT molecular complexity index is 1870. The Balaban J connectivity index is 1.61. The van der Waals surface area contributed by atoms with Gasteiger partial charge in [0.15, 0.2) is 0 Å². The van der Waals surface area contributed by atoms with Crippen molar-refractivity contribution in [1.29, 1.82) is 0 Å². The first-order valence-electron chi connectivity index (χ1n) is 11.9. The third kappa shape index (κ3) is 2.42. The van der Waals surface area contributed by atoms with E-state index in [0.29, 0.717) is 0 Å². The van der Waals surface area contributed by atoms with E-state index in [9.17, 15) is 0 Å². The second kappa shape index (κ2) is 6.84. The summed E-state index contributed by atoms with van der Waals surface area (Å²) in [4.78, 5) is 0. The Morgan fingerprint density at radius 3 is 2.20 bits per heavy atom. The number of hydrogen-bond donors (Lipinski definition) is 0. The standard InChI is InChI=1S/C33H19BrO/c34-22-15-16-28-21(17-22)14-13-20-7-1-4-10-27(20)33(28)29-11-5-2-8-23(29)25-18-26-24-9-3-6-12-31(24)35-32(26)19-30(25)33/h1-19H. The van der Waals surface area contributed by atoms with Gasteiger partial charge in [0, 0.05) is 15.2 Å². The van der Waals surface area contributed by atoms with Gasteiger partial charge in [0.05, 0.1) is 5.41 Å². The summed E-state index contributed by atoms with van der Waals surface area (Å²) in [5.41, 5.74) is 11.7. The number of rotatable bonds is 0. The molecule has 1 atom stereocenters. The van der Waals surface area contributed by atoms with E-state index < -0.39 is 5.41 Å². The molecule has 2 aliphatic carbocycles. The number of halogens is 1. The Morgan fingerprint density at radius 1 is 0.514 bits per heavy atom. The fraction of sp³-hybridized carbons (Fsp3) is 0.0303. The zero-order valence-corrected chi connectivity index (χ0v) is 20.3. The van der Waals surface area contributed by atoms with Crippen molar-refractivity contribution in [2.75, 3.05) is 0 Å². The van der Waals surface area contributed by atoms with E-state index in [-0.39, 0.29) is 0 Å². The Kier molecular flexibility index (Phi) is 3.80. The number of hydrogen-bond acceptors (Lipinski definition) is 1. The predicted octanol–water partition coefficient (Wildman–Crippen LogP) is 9.20. The molecule has 0 bridgehead atoms. The first-order chi connectivity index (χ1) is 17.2. The number of para-hydroxylation sites is 1. The quantitative estimate of drug-likeness (QED) is 0.198. The molecule has 0 saturated carbocycles. The van der Waals surface area contributed by atoms with Crippen molar-refractivity contribution >= 4 is 50.0 Å². The van der Waals surface area contributed by atoms with Crippen molar-refractivity contribution in [2.24, 2.45) is 0 Å². The lowest BCUT2D eigenvalue weighted by atomic mass is 9.66. The van der Waals surface area contributed by atoms with E-state index in [2.05, 4.69) is 125 Å². The van der Waals surface area contributed by atoms with Gasteiger partial charge in [-0.25, -0.2) is 0 Å². The van der Waals surface area contributed by atoms with Gasteiger partial charge in [-0.1, -0.05) is 101 Å². The molecular formula is C33H19BrO. The third-order valence-corrected chi connectivity index (χ3v) is 8.26. The molecule has 1 heterocycles. The van der Waals surface area contributed by atoms with Gasteiger partial charge in [0.1, 0.15) is 11.2 Å². The fourth-order valence-corrected chi connectivity index (χ4v) is 6.78. The topological polar surface area (TPSA) is 13.1 Å². The van der Waals surface area contributed by atoms with Crippen LogP contribution in [0.4, 0.5) is 0 Å². The van der Waals surface area contributed by atoms with E-state index in [4.69, 9.17) is 4.42 Å². The van der Waals surface area contributed by atoms with E-state index in [1.807, 2.05) is 6.07 Å². The van der Waals surface area contributed by atoms with Gasteiger partial charge >= 0.3 is 0 Å². The fourth-order valence-electron chi connectivity index (χ4n) is 6.40. The molecule has 2 heteroatoms. The summed E-state index contributed by atoms with van der Waals surface area (Å²) in [6.07, 6.45) is 4.52. The largest absolute Gasteiger partial charge is 0.456 e. The minimum Gasteiger partial charge on any atom is -0.456 e. The minimum atomic E-state index is -0.435. The second-order valence-electron chi connectivity index (χ2n) is 9.44. The zero-order chi connectivity index (χ0) is 23.1. The molecule has 0 amide bonds. The van der Waals surface area contributed by atoms with Gasteiger partial charge in [-0.05, 0) is 74.8 Å². The van der Waals surface area contributed by atoms with Crippen molar-refractivity contribution < 1.29 is 4.42 Å². The highest BCUT2D eigenvalue weighted by Crippen LogP contribution is 2.59. The van der Waals surface area contributed by atoms with Crippen LogP contribution in [0.5, 0.6) is 0 Å². The SMILES string of the molecule is Brc1ccc2c(c1)C=Cc1ccccc1C21c2ccccc2-c2cc3c(cc21)oc1ccccc13. The molecule has 1 spiro atoms. The maximum absolute atomic E-state index is 6.41. The predicted molar refractivity (Wildman–Crippen MR) is 148 cm³/mol. The van der Waals surface area contributed by atoms with Gasteiger partial charge in [-0.15, -0.1) is 0 Å². The third-order valence-electron chi connectivity index (χ3n) is 7.77. The van der Waals surface area contributed by atoms with Gasteiger partial charge in [0.25, 0.3) is 0 Å².